The van der Waals surface area contributed by atoms with Gasteiger partial charge >= 0.3 is 5.63 Å². The average Bonchev–Trinajstić information content (AvgIpc) is 2.74. The van der Waals surface area contributed by atoms with Crippen LogP contribution >= 0.6 is 0 Å². The Morgan fingerprint density at radius 3 is 2.23 bits per heavy atom. The van der Waals surface area contributed by atoms with Gasteiger partial charge in [-0.1, -0.05) is 51.1 Å². The van der Waals surface area contributed by atoms with Crippen LogP contribution in [0.15, 0.2) is 86.9 Å². The topological polar surface area (TPSA) is 89.3 Å². The van der Waals surface area contributed by atoms with Crippen molar-refractivity contribution in [3.05, 3.63) is 88.8 Å². The van der Waals surface area contributed by atoms with Crippen LogP contribution < -0.4 is 10.3 Å². The minimum absolute atomic E-state index is 0.0136. The van der Waals surface area contributed by atoms with E-state index in [0.717, 1.165) is 5.56 Å². The van der Waals surface area contributed by atoms with E-state index in [1.165, 1.54) is 18.2 Å². The van der Waals surface area contributed by atoms with Gasteiger partial charge in [0.15, 0.2) is 0 Å². The van der Waals surface area contributed by atoms with Crippen molar-refractivity contribution in [1.82, 2.24) is 4.98 Å². The molecule has 3 aromatic carbocycles. The van der Waals surface area contributed by atoms with E-state index in [2.05, 4.69) is 30.5 Å². The van der Waals surface area contributed by atoms with E-state index in [1.54, 1.807) is 30.3 Å². The third-order valence-corrected chi connectivity index (χ3v) is 6.33. The highest BCUT2D eigenvalue weighted by Crippen LogP contribution is 2.26. The number of rotatable bonds is 4. The predicted octanol–water partition coefficient (Wildman–Crippen LogP) is 4.95. The summed E-state index contributed by atoms with van der Waals surface area (Å²) in [5.74, 6) is 0.218. The number of sulfonamides is 1. The summed E-state index contributed by atoms with van der Waals surface area (Å²) in [6.07, 6.45) is 0. The van der Waals surface area contributed by atoms with Crippen molar-refractivity contribution in [1.29, 1.82) is 0 Å². The van der Waals surface area contributed by atoms with Gasteiger partial charge in [-0.3, -0.25) is 4.72 Å². The molecule has 0 bridgehead atoms. The number of nitrogens with zero attached hydrogens (tertiary/aromatic N) is 1. The molecule has 0 aliphatic rings. The first-order valence-corrected chi connectivity index (χ1v) is 11.3. The van der Waals surface area contributed by atoms with Crippen molar-refractivity contribution in [2.24, 2.45) is 0 Å². The lowest BCUT2D eigenvalue weighted by atomic mass is 9.87. The molecule has 0 spiro atoms. The maximum atomic E-state index is 12.6. The van der Waals surface area contributed by atoms with Crippen LogP contribution in [0.5, 0.6) is 0 Å². The van der Waals surface area contributed by atoms with Gasteiger partial charge in [0.25, 0.3) is 10.0 Å². The predicted molar refractivity (Wildman–Crippen MR) is 122 cm³/mol. The molecule has 0 saturated heterocycles. The van der Waals surface area contributed by atoms with Crippen LogP contribution in [0.2, 0.25) is 0 Å². The second-order valence-electron chi connectivity index (χ2n) is 8.28. The van der Waals surface area contributed by atoms with Crippen molar-refractivity contribution in [3.63, 3.8) is 0 Å². The van der Waals surface area contributed by atoms with Crippen LogP contribution in [0.4, 0.5) is 5.69 Å². The lowest BCUT2D eigenvalue weighted by Gasteiger charge is -2.18. The highest BCUT2D eigenvalue weighted by Gasteiger charge is 2.16. The third kappa shape index (κ3) is 4.36. The first kappa shape index (κ1) is 20.8. The summed E-state index contributed by atoms with van der Waals surface area (Å²) in [5, 5.41) is 0.198. The Morgan fingerprint density at radius 1 is 0.903 bits per heavy atom. The molecular weight excluding hydrogens is 412 g/mol. The lowest BCUT2D eigenvalue weighted by Crippen LogP contribution is -2.13. The molecule has 1 N–H and O–H groups in total. The molecule has 0 radical (unpaired) electrons. The molecule has 0 amide bonds. The van der Waals surface area contributed by atoms with E-state index in [-0.39, 0.29) is 27.3 Å². The number of fused-ring (bicyclic) bond motifs is 1. The number of aromatic nitrogens is 1. The molecule has 0 aliphatic carbocycles. The maximum absolute atomic E-state index is 12.6. The maximum Gasteiger partial charge on any atom is 0.347 e. The standard InChI is InChI=1S/C24H22N2O4S/c1-24(2,3)17-11-9-16(10-12-17)22-25-21-14-13-18(15-20(21)23(27)30-22)26-31(28,29)19-7-5-4-6-8-19/h4-15,26H,1-3H3. The van der Waals surface area contributed by atoms with Gasteiger partial charge in [-0.2, -0.15) is 0 Å². The van der Waals surface area contributed by atoms with Gasteiger partial charge in [0.2, 0.25) is 5.89 Å². The smallest absolute Gasteiger partial charge is 0.347 e. The van der Waals surface area contributed by atoms with Crippen molar-refractivity contribution >= 4 is 26.6 Å². The zero-order chi connectivity index (χ0) is 22.2. The van der Waals surface area contributed by atoms with E-state index in [9.17, 15) is 13.2 Å². The second kappa shape index (κ2) is 7.67. The van der Waals surface area contributed by atoms with E-state index in [1.807, 2.05) is 24.3 Å². The first-order chi connectivity index (χ1) is 14.6. The van der Waals surface area contributed by atoms with Crippen LogP contribution in [0.3, 0.4) is 0 Å². The molecule has 0 fully saturated rings. The highest BCUT2D eigenvalue weighted by atomic mass is 32.2. The summed E-state index contributed by atoms with van der Waals surface area (Å²) in [5.41, 5.74) is 1.97. The van der Waals surface area contributed by atoms with E-state index < -0.39 is 15.6 Å². The van der Waals surface area contributed by atoms with Gasteiger partial charge in [0.05, 0.1) is 15.8 Å². The van der Waals surface area contributed by atoms with Gasteiger partial charge in [0.1, 0.15) is 0 Å². The molecule has 1 heterocycles. The van der Waals surface area contributed by atoms with E-state index in [0.29, 0.717) is 11.1 Å². The Balaban J connectivity index is 1.68. The fraction of sp³-hybridized carbons (Fsp3) is 0.167. The number of nitrogens with one attached hydrogen (secondary N) is 1. The highest BCUT2D eigenvalue weighted by molar-refractivity contribution is 7.92. The van der Waals surface area contributed by atoms with Crippen molar-refractivity contribution < 1.29 is 12.8 Å². The molecule has 4 rings (SSSR count). The Hall–Kier alpha value is -3.45. The normalized spacial score (nSPS) is 12.1. The van der Waals surface area contributed by atoms with Crippen LogP contribution in [-0.4, -0.2) is 13.4 Å². The van der Waals surface area contributed by atoms with E-state index >= 15 is 0 Å². The van der Waals surface area contributed by atoms with Crippen LogP contribution in [0.1, 0.15) is 26.3 Å². The minimum atomic E-state index is -3.77. The van der Waals surface area contributed by atoms with Crippen LogP contribution in [0.25, 0.3) is 22.4 Å². The zero-order valence-electron chi connectivity index (χ0n) is 17.4. The summed E-state index contributed by atoms with van der Waals surface area (Å²) in [6.45, 7) is 6.38. The Kier molecular flexibility index (Phi) is 5.15. The second-order valence-corrected chi connectivity index (χ2v) is 9.97. The van der Waals surface area contributed by atoms with Crippen molar-refractivity contribution in [2.75, 3.05) is 4.72 Å². The molecule has 0 unspecified atom stereocenters. The fourth-order valence-corrected chi connectivity index (χ4v) is 4.26. The molecule has 158 valence electrons. The largest absolute Gasteiger partial charge is 0.403 e. The van der Waals surface area contributed by atoms with Gasteiger partial charge in [-0.15, -0.1) is 0 Å². The third-order valence-electron chi connectivity index (χ3n) is 4.93. The molecule has 4 aromatic rings. The molecular formula is C24H22N2O4S. The minimum Gasteiger partial charge on any atom is -0.403 e. The van der Waals surface area contributed by atoms with Gasteiger partial charge in [-0.05, 0) is 53.4 Å². The summed E-state index contributed by atoms with van der Waals surface area (Å²) in [6, 6.07) is 20.3. The Bertz CT molecular complexity index is 1400. The van der Waals surface area contributed by atoms with Crippen LogP contribution in [-0.2, 0) is 15.4 Å². The number of benzene rings is 3. The monoisotopic (exact) mass is 434 g/mol. The molecule has 1 aromatic heterocycles. The summed E-state index contributed by atoms with van der Waals surface area (Å²) < 4.78 is 33.0. The molecule has 0 aliphatic heterocycles. The van der Waals surface area contributed by atoms with Gasteiger partial charge in [-0.25, -0.2) is 18.2 Å². The molecule has 0 atom stereocenters. The fourth-order valence-electron chi connectivity index (χ4n) is 3.19. The molecule has 6 nitrogen and oxygen atoms in total. The quantitative estimate of drug-likeness (QED) is 0.491. The van der Waals surface area contributed by atoms with Gasteiger partial charge < -0.3 is 4.42 Å². The summed E-state index contributed by atoms with van der Waals surface area (Å²) in [4.78, 5) is 17.2. The summed E-state index contributed by atoms with van der Waals surface area (Å²) in [7, 11) is -3.77. The molecule has 0 saturated carbocycles. The Labute approximate surface area is 180 Å². The number of hydrogen-bond donors (Lipinski definition) is 1. The molecule has 31 heavy (non-hydrogen) atoms. The van der Waals surface area contributed by atoms with Crippen molar-refractivity contribution in [2.45, 2.75) is 31.1 Å². The Morgan fingerprint density at radius 2 is 1.58 bits per heavy atom. The number of anilines is 1. The van der Waals surface area contributed by atoms with Crippen molar-refractivity contribution in [3.8, 4) is 11.5 Å². The summed E-state index contributed by atoms with van der Waals surface area (Å²) >= 11 is 0. The van der Waals surface area contributed by atoms with E-state index in [4.69, 9.17) is 4.42 Å². The number of hydrogen-bond acceptors (Lipinski definition) is 5. The average molecular weight is 435 g/mol. The SMILES string of the molecule is CC(C)(C)c1ccc(-c2nc3ccc(NS(=O)(=O)c4ccccc4)cc3c(=O)o2)cc1. The molecule has 7 heteroatoms. The first-order valence-electron chi connectivity index (χ1n) is 9.77. The van der Waals surface area contributed by atoms with Gasteiger partial charge in [0, 0.05) is 11.3 Å². The zero-order valence-corrected chi connectivity index (χ0v) is 18.2. The van der Waals surface area contributed by atoms with Crippen LogP contribution in [0, 0.1) is 0 Å². The lowest BCUT2D eigenvalue weighted by molar-refractivity contribution is 0.518.